The van der Waals surface area contributed by atoms with Crippen LogP contribution in [0.25, 0.3) is 0 Å². The summed E-state index contributed by atoms with van der Waals surface area (Å²) < 4.78 is 3.28. The fourth-order valence-electron chi connectivity index (χ4n) is 3.10. The highest BCUT2D eigenvalue weighted by molar-refractivity contribution is 9.10. The van der Waals surface area contributed by atoms with E-state index in [1.165, 1.54) is 27.7 Å². The molecule has 2 aromatic rings. The standard InChI is InChI=1S/C17H22BrN3/c1-3-15-17(18)16(21(4-2)20-15)11-19-10-13-9-12-7-5-6-8-14(12)13/h5-8,13,19H,3-4,9-11H2,1-2H3. The molecule has 1 aromatic heterocycles. The molecule has 3 nitrogen and oxygen atoms in total. The quantitative estimate of drug-likeness (QED) is 0.864. The first kappa shape index (κ1) is 14.8. The van der Waals surface area contributed by atoms with Gasteiger partial charge in [0, 0.05) is 25.6 Å². The van der Waals surface area contributed by atoms with Gasteiger partial charge in [-0.25, -0.2) is 0 Å². The molecule has 112 valence electrons. The van der Waals surface area contributed by atoms with Crippen molar-refractivity contribution in [1.29, 1.82) is 0 Å². The summed E-state index contributed by atoms with van der Waals surface area (Å²) in [6, 6.07) is 8.77. The second kappa shape index (κ2) is 6.32. The summed E-state index contributed by atoms with van der Waals surface area (Å²) in [6.45, 7) is 7.13. The highest BCUT2D eigenvalue weighted by Gasteiger charge is 2.25. The van der Waals surface area contributed by atoms with E-state index in [4.69, 9.17) is 0 Å². The van der Waals surface area contributed by atoms with Crippen molar-refractivity contribution in [3.63, 3.8) is 0 Å². The normalized spacial score (nSPS) is 16.6. The van der Waals surface area contributed by atoms with Crippen LogP contribution in [0.3, 0.4) is 0 Å². The Bertz CT molecular complexity index is 633. The zero-order valence-electron chi connectivity index (χ0n) is 12.7. The van der Waals surface area contributed by atoms with Gasteiger partial charge < -0.3 is 5.32 Å². The molecule has 3 rings (SSSR count). The number of nitrogens with zero attached hydrogens (tertiary/aromatic N) is 2. The van der Waals surface area contributed by atoms with Crippen molar-refractivity contribution in [3.8, 4) is 0 Å². The number of nitrogens with one attached hydrogen (secondary N) is 1. The van der Waals surface area contributed by atoms with E-state index in [0.717, 1.165) is 31.7 Å². The van der Waals surface area contributed by atoms with Crippen LogP contribution in [0.2, 0.25) is 0 Å². The van der Waals surface area contributed by atoms with Gasteiger partial charge in [0.25, 0.3) is 0 Å². The molecule has 0 spiro atoms. The van der Waals surface area contributed by atoms with Crippen molar-refractivity contribution in [2.75, 3.05) is 6.54 Å². The first-order valence-corrected chi connectivity index (χ1v) is 8.56. The Balaban J connectivity index is 1.61. The van der Waals surface area contributed by atoms with Gasteiger partial charge in [-0.3, -0.25) is 4.68 Å². The molecule has 0 radical (unpaired) electrons. The van der Waals surface area contributed by atoms with E-state index in [9.17, 15) is 0 Å². The van der Waals surface area contributed by atoms with Gasteiger partial charge in [-0.05, 0) is 46.8 Å². The summed E-state index contributed by atoms with van der Waals surface area (Å²) in [4.78, 5) is 0. The number of hydrogen-bond donors (Lipinski definition) is 1. The molecule has 1 aliphatic carbocycles. The van der Waals surface area contributed by atoms with E-state index in [2.05, 4.69) is 69.1 Å². The average molecular weight is 348 g/mol. The van der Waals surface area contributed by atoms with E-state index in [-0.39, 0.29) is 0 Å². The van der Waals surface area contributed by atoms with E-state index >= 15 is 0 Å². The van der Waals surface area contributed by atoms with E-state index in [0.29, 0.717) is 5.92 Å². The van der Waals surface area contributed by atoms with Crippen LogP contribution in [0.5, 0.6) is 0 Å². The van der Waals surface area contributed by atoms with Crippen LogP contribution >= 0.6 is 15.9 Å². The van der Waals surface area contributed by atoms with Crippen LogP contribution in [0.15, 0.2) is 28.7 Å². The SMILES string of the molecule is CCc1nn(CC)c(CNCC2Cc3ccccc32)c1Br. The first-order chi connectivity index (χ1) is 10.2. The monoisotopic (exact) mass is 347 g/mol. The van der Waals surface area contributed by atoms with Crippen molar-refractivity contribution in [2.45, 2.75) is 45.7 Å². The third-order valence-electron chi connectivity index (χ3n) is 4.34. The molecule has 0 bridgehead atoms. The number of aryl methyl sites for hydroxylation is 2. The van der Waals surface area contributed by atoms with Gasteiger partial charge in [0.2, 0.25) is 0 Å². The van der Waals surface area contributed by atoms with Gasteiger partial charge >= 0.3 is 0 Å². The van der Waals surface area contributed by atoms with Gasteiger partial charge in [0.15, 0.2) is 0 Å². The molecule has 1 N–H and O–H groups in total. The first-order valence-electron chi connectivity index (χ1n) is 7.77. The maximum Gasteiger partial charge on any atom is 0.0767 e. The number of aromatic nitrogens is 2. The predicted molar refractivity (Wildman–Crippen MR) is 89.6 cm³/mol. The lowest BCUT2D eigenvalue weighted by Crippen LogP contribution is -2.29. The summed E-state index contributed by atoms with van der Waals surface area (Å²) in [6.07, 6.45) is 2.17. The molecule has 0 aliphatic heterocycles. The summed E-state index contributed by atoms with van der Waals surface area (Å²) in [7, 11) is 0. The second-order valence-electron chi connectivity index (χ2n) is 5.61. The van der Waals surface area contributed by atoms with Crippen LogP contribution in [0, 0.1) is 0 Å². The highest BCUT2D eigenvalue weighted by Crippen LogP contribution is 2.34. The van der Waals surface area contributed by atoms with E-state index < -0.39 is 0 Å². The fraction of sp³-hybridized carbons (Fsp3) is 0.471. The second-order valence-corrected chi connectivity index (χ2v) is 6.40. The molecule has 1 unspecified atom stereocenters. The smallest absolute Gasteiger partial charge is 0.0767 e. The molecule has 1 aliphatic rings. The van der Waals surface area contributed by atoms with Gasteiger partial charge in [0.05, 0.1) is 15.9 Å². The molecule has 4 heteroatoms. The van der Waals surface area contributed by atoms with Crippen molar-refractivity contribution in [2.24, 2.45) is 0 Å². The van der Waals surface area contributed by atoms with Crippen molar-refractivity contribution in [1.82, 2.24) is 15.1 Å². The lowest BCUT2D eigenvalue weighted by molar-refractivity contribution is 0.514. The number of hydrogen-bond acceptors (Lipinski definition) is 2. The minimum absolute atomic E-state index is 0.670. The van der Waals surface area contributed by atoms with Crippen LogP contribution in [-0.4, -0.2) is 16.3 Å². The Morgan fingerprint density at radius 2 is 2.14 bits per heavy atom. The Morgan fingerprint density at radius 3 is 2.86 bits per heavy atom. The molecule has 0 saturated carbocycles. The van der Waals surface area contributed by atoms with Gasteiger partial charge in [0.1, 0.15) is 0 Å². The molecule has 21 heavy (non-hydrogen) atoms. The number of rotatable bonds is 6. The Kier molecular flexibility index (Phi) is 4.45. The Labute approximate surface area is 134 Å². The van der Waals surface area contributed by atoms with Crippen LogP contribution in [-0.2, 0) is 25.9 Å². The number of benzene rings is 1. The summed E-state index contributed by atoms with van der Waals surface area (Å²) in [5, 5.41) is 8.25. The molecule has 0 fully saturated rings. The highest BCUT2D eigenvalue weighted by atomic mass is 79.9. The van der Waals surface area contributed by atoms with Gasteiger partial charge in [-0.15, -0.1) is 0 Å². The van der Waals surface area contributed by atoms with Gasteiger partial charge in [-0.2, -0.15) is 5.10 Å². The average Bonchev–Trinajstić information content (AvgIpc) is 2.79. The Morgan fingerprint density at radius 1 is 1.33 bits per heavy atom. The van der Waals surface area contributed by atoms with Crippen molar-refractivity contribution >= 4 is 15.9 Å². The van der Waals surface area contributed by atoms with Gasteiger partial charge in [-0.1, -0.05) is 31.2 Å². The minimum Gasteiger partial charge on any atom is -0.311 e. The van der Waals surface area contributed by atoms with Crippen molar-refractivity contribution in [3.05, 3.63) is 51.3 Å². The Hall–Kier alpha value is -1.13. The number of halogens is 1. The molecule has 0 amide bonds. The van der Waals surface area contributed by atoms with Crippen LogP contribution in [0.1, 0.15) is 42.3 Å². The fourth-order valence-corrected chi connectivity index (χ4v) is 3.80. The zero-order valence-corrected chi connectivity index (χ0v) is 14.3. The van der Waals surface area contributed by atoms with Crippen LogP contribution < -0.4 is 5.32 Å². The number of fused-ring (bicyclic) bond motifs is 1. The van der Waals surface area contributed by atoms with Crippen molar-refractivity contribution < 1.29 is 0 Å². The third-order valence-corrected chi connectivity index (χ3v) is 5.25. The molecule has 1 aromatic carbocycles. The summed E-state index contributed by atoms with van der Waals surface area (Å²) in [5.41, 5.74) is 5.45. The predicted octanol–water partition coefficient (Wildman–Crippen LogP) is 3.66. The molecule has 1 heterocycles. The zero-order chi connectivity index (χ0) is 14.8. The van der Waals surface area contributed by atoms with E-state index in [1.807, 2.05) is 0 Å². The minimum atomic E-state index is 0.670. The molecular formula is C17H22BrN3. The largest absolute Gasteiger partial charge is 0.311 e. The summed E-state index contributed by atoms with van der Waals surface area (Å²) >= 11 is 3.70. The third kappa shape index (κ3) is 2.79. The molecule has 0 saturated heterocycles. The topological polar surface area (TPSA) is 29.9 Å². The van der Waals surface area contributed by atoms with E-state index in [1.54, 1.807) is 0 Å². The molecular weight excluding hydrogens is 326 g/mol. The lowest BCUT2D eigenvalue weighted by Gasteiger charge is -2.30. The summed E-state index contributed by atoms with van der Waals surface area (Å²) in [5.74, 6) is 0.670. The maximum atomic E-state index is 4.64. The maximum absolute atomic E-state index is 4.64. The molecule has 1 atom stereocenters. The lowest BCUT2D eigenvalue weighted by atomic mass is 9.77. The van der Waals surface area contributed by atoms with Crippen LogP contribution in [0.4, 0.5) is 0 Å².